The van der Waals surface area contributed by atoms with E-state index >= 15 is 0 Å². The molecule has 7 heteroatoms. The van der Waals surface area contributed by atoms with Gasteiger partial charge in [0.2, 0.25) is 6.79 Å². The van der Waals surface area contributed by atoms with Crippen LogP contribution in [0.1, 0.15) is 28.7 Å². The lowest BCUT2D eigenvalue weighted by atomic mass is 9.95. The third kappa shape index (κ3) is 2.75. The molecule has 0 fully saturated rings. The topological polar surface area (TPSA) is 93.8 Å². The molecule has 1 aromatic carbocycles. The van der Waals surface area contributed by atoms with Gasteiger partial charge in [-0.05, 0) is 31.5 Å². The number of aromatic nitrogens is 1. The first-order valence-electron chi connectivity index (χ1n) is 6.80. The van der Waals surface area contributed by atoms with Crippen molar-refractivity contribution in [2.75, 3.05) is 13.3 Å². The summed E-state index contributed by atoms with van der Waals surface area (Å²) in [4.78, 5) is 11.9. The van der Waals surface area contributed by atoms with E-state index in [1.807, 2.05) is 0 Å². The van der Waals surface area contributed by atoms with E-state index in [0.717, 1.165) is 0 Å². The summed E-state index contributed by atoms with van der Waals surface area (Å²) in [7, 11) is 0. The van der Waals surface area contributed by atoms with Crippen molar-refractivity contribution >= 4 is 5.91 Å². The van der Waals surface area contributed by atoms with E-state index < -0.39 is 11.5 Å². The zero-order valence-corrected chi connectivity index (χ0v) is 12.3. The van der Waals surface area contributed by atoms with E-state index in [0.29, 0.717) is 22.8 Å². The van der Waals surface area contributed by atoms with Crippen LogP contribution in [0.4, 0.5) is 0 Å². The molecular formula is C15H16N2O5. The largest absolute Gasteiger partial charge is 0.454 e. The molecule has 0 unspecified atom stereocenters. The van der Waals surface area contributed by atoms with Crippen LogP contribution in [0.15, 0.2) is 28.8 Å². The van der Waals surface area contributed by atoms with Crippen molar-refractivity contribution in [1.82, 2.24) is 10.5 Å². The van der Waals surface area contributed by atoms with Gasteiger partial charge in [-0.1, -0.05) is 11.2 Å². The summed E-state index contributed by atoms with van der Waals surface area (Å²) >= 11 is 0. The molecule has 2 aromatic rings. The number of rotatable bonds is 4. The fourth-order valence-corrected chi connectivity index (χ4v) is 2.15. The number of nitrogens with zero attached hydrogens (tertiary/aromatic N) is 1. The second-order valence-corrected chi connectivity index (χ2v) is 5.35. The fraction of sp³-hybridized carbons (Fsp3) is 0.333. The van der Waals surface area contributed by atoms with Crippen molar-refractivity contribution < 1.29 is 23.9 Å². The monoisotopic (exact) mass is 304 g/mol. The second-order valence-electron chi connectivity index (χ2n) is 5.35. The number of carbonyl (C=O) groups excluding carboxylic acids is 1. The third-order valence-corrected chi connectivity index (χ3v) is 3.45. The van der Waals surface area contributed by atoms with Crippen molar-refractivity contribution in [3.63, 3.8) is 0 Å². The number of aryl methyl sites for hydroxylation is 1. The first-order chi connectivity index (χ1) is 10.5. The van der Waals surface area contributed by atoms with E-state index in [1.165, 1.54) is 6.07 Å². The molecule has 116 valence electrons. The molecule has 2 heterocycles. The van der Waals surface area contributed by atoms with Gasteiger partial charge in [-0.2, -0.15) is 0 Å². The first kappa shape index (κ1) is 14.4. The van der Waals surface area contributed by atoms with Crippen LogP contribution < -0.4 is 14.8 Å². The SMILES string of the molecule is Cc1cc(C(=O)NC[C@@](C)(O)c2ccc3c(c2)OCO3)no1. The average molecular weight is 304 g/mol. The van der Waals surface area contributed by atoms with Crippen LogP contribution in [-0.4, -0.2) is 29.5 Å². The van der Waals surface area contributed by atoms with E-state index in [4.69, 9.17) is 14.0 Å². The van der Waals surface area contributed by atoms with E-state index in [-0.39, 0.29) is 19.0 Å². The highest BCUT2D eigenvalue weighted by atomic mass is 16.7. The molecule has 1 atom stereocenters. The number of carbonyl (C=O) groups is 1. The summed E-state index contributed by atoms with van der Waals surface area (Å²) in [5, 5.41) is 16.8. The predicted molar refractivity (Wildman–Crippen MR) is 75.7 cm³/mol. The molecule has 22 heavy (non-hydrogen) atoms. The molecule has 1 aromatic heterocycles. The molecular weight excluding hydrogens is 288 g/mol. The highest BCUT2D eigenvalue weighted by Crippen LogP contribution is 2.35. The Kier molecular flexibility index (Phi) is 3.50. The third-order valence-electron chi connectivity index (χ3n) is 3.45. The van der Waals surface area contributed by atoms with E-state index in [9.17, 15) is 9.90 Å². The fourth-order valence-electron chi connectivity index (χ4n) is 2.15. The Bertz CT molecular complexity index is 708. The zero-order valence-electron chi connectivity index (χ0n) is 12.3. The predicted octanol–water partition coefficient (Wildman–Crippen LogP) is 1.35. The van der Waals surface area contributed by atoms with Crippen LogP contribution in [-0.2, 0) is 5.60 Å². The quantitative estimate of drug-likeness (QED) is 0.885. The summed E-state index contributed by atoms with van der Waals surface area (Å²) in [6.45, 7) is 3.51. The van der Waals surface area contributed by atoms with Crippen LogP contribution in [0.25, 0.3) is 0 Å². The lowest BCUT2D eigenvalue weighted by Crippen LogP contribution is -2.38. The van der Waals surface area contributed by atoms with Gasteiger partial charge in [0.25, 0.3) is 5.91 Å². The van der Waals surface area contributed by atoms with Gasteiger partial charge in [-0.3, -0.25) is 4.79 Å². The second kappa shape index (κ2) is 5.34. The Morgan fingerprint density at radius 3 is 2.86 bits per heavy atom. The highest BCUT2D eigenvalue weighted by molar-refractivity contribution is 5.92. The molecule has 0 aliphatic carbocycles. The molecule has 0 bridgehead atoms. The molecule has 1 aliphatic heterocycles. The summed E-state index contributed by atoms with van der Waals surface area (Å²) in [5.74, 6) is 1.36. The van der Waals surface area contributed by atoms with E-state index in [2.05, 4.69) is 10.5 Å². The number of hydrogen-bond acceptors (Lipinski definition) is 6. The summed E-state index contributed by atoms with van der Waals surface area (Å²) in [5.41, 5.74) is -0.456. The van der Waals surface area contributed by atoms with Crippen molar-refractivity contribution in [3.8, 4) is 11.5 Å². The Morgan fingerprint density at radius 2 is 2.14 bits per heavy atom. The van der Waals surface area contributed by atoms with Crippen molar-refractivity contribution in [2.24, 2.45) is 0 Å². The lowest BCUT2D eigenvalue weighted by molar-refractivity contribution is 0.0522. The Hall–Kier alpha value is -2.54. The standard InChI is InChI=1S/C15H16N2O5/c1-9-5-11(17-22-9)14(18)16-7-15(2,19)10-3-4-12-13(6-10)21-8-20-12/h3-6,19H,7-8H2,1-2H3,(H,16,18)/t15-/m1/s1. The van der Waals surface area contributed by atoms with Crippen LogP contribution >= 0.6 is 0 Å². The number of fused-ring (bicyclic) bond motifs is 1. The normalized spacial score (nSPS) is 15.4. The van der Waals surface area contributed by atoms with Crippen LogP contribution in [0.3, 0.4) is 0 Å². The smallest absolute Gasteiger partial charge is 0.273 e. The maximum absolute atomic E-state index is 11.9. The van der Waals surface area contributed by atoms with Crippen molar-refractivity contribution in [3.05, 3.63) is 41.3 Å². The molecule has 1 aliphatic rings. The average Bonchev–Trinajstić information content (AvgIpc) is 3.12. The summed E-state index contributed by atoms with van der Waals surface area (Å²) in [6.07, 6.45) is 0. The first-order valence-corrected chi connectivity index (χ1v) is 6.80. The maximum atomic E-state index is 11.9. The van der Waals surface area contributed by atoms with Gasteiger partial charge in [-0.15, -0.1) is 0 Å². The number of ether oxygens (including phenoxy) is 2. The minimum atomic E-state index is -1.25. The van der Waals surface area contributed by atoms with Crippen LogP contribution in [0, 0.1) is 6.92 Å². The highest BCUT2D eigenvalue weighted by Gasteiger charge is 2.27. The number of benzene rings is 1. The van der Waals surface area contributed by atoms with Crippen LogP contribution in [0.5, 0.6) is 11.5 Å². The number of amides is 1. The number of hydrogen-bond donors (Lipinski definition) is 2. The molecule has 0 radical (unpaired) electrons. The molecule has 0 saturated carbocycles. The molecule has 7 nitrogen and oxygen atoms in total. The Labute approximate surface area is 126 Å². The zero-order chi connectivity index (χ0) is 15.7. The number of aliphatic hydroxyl groups is 1. The molecule has 0 spiro atoms. The maximum Gasteiger partial charge on any atom is 0.273 e. The summed E-state index contributed by atoms with van der Waals surface area (Å²) in [6, 6.07) is 6.70. The molecule has 2 N–H and O–H groups in total. The van der Waals surface area contributed by atoms with E-state index in [1.54, 1.807) is 32.0 Å². The van der Waals surface area contributed by atoms with Crippen molar-refractivity contribution in [2.45, 2.75) is 19.4 Å². The minimum absolute atomic E-state index is 0.0252. The van der Waals surface area contributed by atoms with Crippen LogP contribution in [0.2, 0.25) is 0 Å². The van der Waals surface area contributed by atoms with Gasteiger partial charge < -0.3 is 24.4 Å². The Morgan fingerprint density at radius 1 is 1.36 bits per heavy atom. The van der Waals surface area contributed by atoms with Gasteiger partial charge in [0, 0.05) is 6.07 Å². The van der Waals surface area contributed by atoms with Gasteiger partial charge in [0.15, 0.2) is 17.2 Å². The molecule has 1 amide bonds. The summed E-state index contributed by atoms with van der Waals surface area (Å²) < 4.78 is 15.4. The number of nitrogens with one attached hydrogen (secondary N) is 1. The van der Waals surface area contributed by atoms with Gasteiger partial charge in [0.1, 0.15) is 11.4 Å². The van der Waals surface area contributed by atoms with Crippen molar-refractivity contribution in [1.29, 1.82) is 0 Å². The van der Waals surface area contributed by atoms with Gasteiger partial charge in [-0.25, -0.2) is 0 Å². The van der Waals surface area contributed by atoms with Gasteiger partial charge >= 0.3 is 0 Å². The molecule has 0 saturated heterocycles. The lowest BCUT2D eigenvalue weighted by Gasteiger charge is -2.24. The van der Waals surface area contributed by atoms with Gasteiger partial charge in [0.05, 0.1) is 6.54 Å². The Balaban J connectivity index is 1.69. The minimum Gasteiger partial charge on any atom is -0.454 e. The molecule has 3 rings (SSSR count).